The van der Waals surface area contributed by atoms with Crippen LogP contribution in [0.4, 0.5) is 0 Å². The van der Waals surface area contributed by atoms with Crippen molar-refractivity contribution in [3.05, 3.63) is 0 Å². The van der Waals surface area contributed by atoms with E-state index in [1.165, 1.54) is 6.42 Å². The summed E-state index contributed by atoms with van der Waals surface area (Å²) in [5.41, 5.74) is 0. The van der Waals surface area contributed by atoms with E-state index in [4.69, 9.17) is 0 Å². The van der Waals surface area contributed by atoms with Gasteiger partial charge < -0.3 is 9.47 Å². The van der Waals surface area contributed by atoms with Crippen LogP contribution in [0.2, 0.25) is 0 Å². The second-order valence-corrected chi connectivity index (χ2v) is 3.70. The molecule has 0 aromatic rings. The Hall–Kier alpha value is -0.360. The Labute approximate surface area is 108 Å². The smallest absolute Gasteiger partial charge is 0.309 e. The van der Waals surface area contributed by atoms with E-state index in [1.54, 1.807) is 0 Å². The van der Waals surface area contributed by atoms with Gasteiger partial charge in [0, 0.05) is 11.5 Å². The molecule has 0 saturated carbocycles. The lowest BCUT2D eigenvalue weighted by molar-refractivity contribution is -0.166. The van der Waals surface area contributed by atoms with Crippen molar-refractivity contribution in [2.75, 3.05) is 18.3 Å². The topological polar surface area (TPSA) is 52.6 Å². The van der Waals surface area contributed by atoms with Gasteiger partial charge in [-0.1, -0.05) is 20.3 Å². The average molecular weight is 268 g/mol. The summed E-state index contributed by atoms with van der Waals surface area (Å²) in [6.07, 6.45) is 1.68. The van der Waals surface area contributed by atoms with Crippen LogP contribution in [0.5, 0.6) is 0 Å². The number of carbonyl (C=O) groups is 2. The molecule has 0 saturated heterocycles. The third-order valence-corrected chi connectivity index (χ3v) is 1.52. The highest BCUT2D eigenvalue weighted by atomic mass is 32.1. The van der Waals surface area contributed by atoms with E-state index >= 15 is 0 Å². The van der Waals surface area contributed by atoms with Crippen molar-refractivity contribution in [3.63, 3.8) is 0 Å². The summed E-state index contributed by atoms with van der Waals surface area (Å²) in [6.45, 7) is 3.93. The zero-order valence-electron chi connectivity index (χ0n) is 9.77. The first kappa shape index (κ1) is 18.0. The summed E-state index contributed by atoms with van der Waals surface area (Å²) >= 11 is 7.67. The molecule has 0 radical (unpaired) electrons. The van der Waals surface area contributed by atoms with Crippen LogP contribution in [0.15, 0.2) is 0 Å². The highest BCUT2D eigenvalue weighted by molar-refractivity contribution is 7.80. The second-order valence-electron chi connectivity index (χ2n) is 2.80. The van der Waals surface area contributed by atoms with Gasteiger partial charge in [-0.05, 0) is 0 Å². The molecule has 0 aromatic heterocycles. The molecule has 0 aromatic carbocycles. The molecule has 0 heterocycles. The lowest BCUT2D eigenvalue weighted by atomic mass is 10.5. The Balaban J connectivity index is 0. The molecule has 0 atom stereocenters. The van der Waals surface area contributed by atoms with Crippen molar-refractivity contribution in [3.8, 4) is 0 Å². The van der Waals surface area contributed by atoms with Crippen molar-refractivity contribution in [1.29, 1.82) is 0 Å². The normalized spacial score (nSPS) is 8.75. The Morgan fingerprint density at radius 3 is 1.50 bits per heavy atom. The predicted molar refractivity (Wildman–Crippen MR) is 70.0 cm³/mol. The maximum absolute atomic E-state index is 10.7. The minimum absolute atomic E-state index is 0.216. The quantitative estimate of drug-likeness (QED) is 0.440. The molecular formula is C10H20O4S2. The van der Waals surface area contributed by atoms with Crippen LogP contribution in [-0.2, 0) is 19.1 Å². The molecule has 6 heteroatoms. The van der Waals surface area contributed by atoms with Gasteiger partial charge in [-0.3, -0.25) is 9.59 Å². The minimum atomic E-state index is -0.423. The van der Waals surface area contributed by atoms with Crippen LogP contribution in [0.25, 0.3) is 0 Å². The van der Waals surface area contributed by atoms with Gasteiger partial charge in [0.1, 0.15) is 0 Å². The maximum atomic E-state index is 10.7. The zero-order valence-corrected chi connectivity index (χ0v) is 11.6. The van der Waals surface area contributed by atoms with Gasteiger partial charge in [-0.2, -0.15) is 25.3 Å². The van der Waals surface area contributed by atoms with Crippen molar-refractivity contribution in [2.45, 2.75) is 33.1 Å². The number of rotatable bonds is 6. The molecule has 0 spiro atoms. The average Bonchev–Trinajstić information content (AvgIpc) is 2.19. The molecule has 0 aliphatic carbocycles. The van der Waals surface area contributed by atoms with E-state index < -0.39 is 11.9 Å². The lowest BCUT2D eigenvalue weighted by Gasteiger charge is -2.04. The van der Waals surface area contributed by atoms with Crippen LogP contribution in [0.1, 0.15) is 33.1 Å². The molecule has 0 fully saturated rings. The molecule has 0 aliphatic heterocycles. The Morgan fingerprint density at radius 2 is 1.25 bits per heavy atom. The Morgan fingerprint density at radius 1 is 0.938 bits per heavy atom. The molecule has 0 amide bonds. The molecule has 0 unspecified atom stereocenters. The van der Waals surface area contributed by atoms with Crippen molar-refractivity contribution >= 4 is 37.2 Å². The summed E-state index contributed by atoms with van der Waals surface area (Å²) in [5, 5.41) is 0. The van der Waals surface area contributed by atoms with Gasteiger partial charge in [0.2, 0.25) is 6.79 Å². The molecular weight excluding hydrogens is 248 g/mol. The van der Waals surface area contributed by atoms with Crippen molar-refractivity contribution < 1.29 is 19.1 Å². The summed E-state index contributed by atoms with van der Waals surface area (Å²) < 4.78 is 9.09. The molecule has 0 rings (SSSR count). The SMILES string of the molecule is CCC.O=C(CCS)OCOC(=O)CCS. The molecule has 0 aliphatic rings. The van der Waals surface area contributed by atoms with Gasteiger partial charge in [0.05, 0.1) is 12.8 Å². The van der Waals surface area contributed by atoms with Crippen LogP contribution in [-0.4, -0.2) is 30.2 Å². The largest absolute Gasteiger partial charge is 0.428 e. The van der Waals surface area contributed by atoms with E-state index in [-0.39, 0.29) is 19.6 Å². The first-order valence-corrected chi connectivity index (χ1v) is 6.41. The molecule has 4 nitrogen and oxygen atoms in total. The van der Waals surface area contributed by atoms with Crippen molar-refractivity contribution in [2.24, 2.45) is 0 Å². The zero-order chi connectivity index (χ0) is 12.8. The number of carbonyl (C=O) groups excluding carboxylic acids is 2. The molecule has 16 heavy (non-hydrogen) atoms. The second kappa shape index (κ2) is 14.6. The number of thiol groups is 2. The van der Waals surface area contributed by atoms with Gasteiger partial charge >= 0.3 is 11.9 Å². The molecule has 96 valence electrons. The van der Waals surface area contributed by atoms with Gasteiger partial charge in [0.15, 0.2) is 0 Å². The Bertz CT molecular complexity index is 168. The number of esters is 2. The summed E-state index contributed by atoms with van der Waals surface area (Å²) in [7, 11) is 0. The van der Waals surface area contributed by atoms with E-state index in [9.17, 15) is 9.59 Å². The summed E-state index contributed by atoms with van der Waals surface area (Å²) in [6, 6.07) is 0. The highest BCUT2D eigenvalue weighted by Crippen LogP contribution is 1.92. The predicted octanol–water partition coefficient (Wildman–Crippen LogP) is 2.09. The first-order valence-electron chi connectivity index (χ1n) is 5.15. The fourth-order valence-corrected chi connectivity index (χ4v) is 0.853. The molecule has 0 bridgehead atoms. The van der Waals surface area contributed by atoms with Crippen LogP contribution in [0.3, 0.4) is 0 Å². The highest BCUT2D eigenvalue weighted by Gasteiger charge is 2.03. The van der Waals surface area contributed by atoms with Crippen LogP contribution < -0.4 is 0 Å². The number of ether oxygens (including phenoxy) is 2. The van der Waals surface area contributed by atoms with Crippen molar-refractivity contribution in [1.82, 2.24) is 0 Å². The van der Waals surface area contributed by atoms with E-state index in [0.717, 1.165) is 0 Å². The third-order valence-electron chi connectivity index (χ3n) is 1.07. The maximum Gasteiger partial charge on any atom is 0.309 e. The van der Waals surface area contributed by atoms with Gasteiger partial charge in [-0.15, -0.1) is 0 Å². The standard InChI is InChI=1S/C7H12O4S2.C3H8/c8-6(1-3-12)10-5-11-7(9)2-4-13;1-3-2/h12-13H,1-5H2;3H2,1-2H3. The monoisotopic (exact) mass is 268 g/mol. The first-order chi connectivity index (χ1) is 7.62. The van der Waals surface area contributed by atoms with E-state index in [0.29, 0.717) is 11.5 Å². The summed E-state index contributed by atoms with van der Waals surface area (Å²) in [5.74, 6) is -0.00493. The van der Waals surface area contributed by atoms with E-state index in [1.807, 2.05) is 0 Å². The fourth-order valence-electron chi connectivity index (χ4n) is 0.488. The van der Waals surface area contributed by atoms with Gasteiger partial charge in [0.25, 0.3) is 0 Å². The van der Waals surface area contributed by atoms with Crippen LogP contribution >= 0.6 is 25.3 Å². The van der Waals surface area contributed by atoms with Crippen LogP contribution in [0, 0.1) is 0 Å². The summed E-state index contributed by atoms with van der Waals surface area (Å²) in [4.78, 5) is 21.4. The Kier molecular flexibility index (Phi) is 16.5. The molecule has 0 N–H and O–H groups in total. The van der Waals surface area contributed by atoms with E-state index in [2.05, 4.69) is 48.6 Å². The lowest BCUT2D eigenvalue weighted by Crippen LogP contribution is -2.13. The van der Waals surface area contributed by atoms with Gasteiger partial charge in [-0.25, -0.2) is 0 Å². The number of hydrogen-bond acceptors (Lipinski definition) is 6. The number of hydrogen-bond donors (Lipinski definition) is 2. The fraction of sp³-hybridized carbons (Fsp3) is 0.800. The third kappa shape index (κ3) is 16.1. The minimum Gasteiger partial charge on any atom is -0.428 e.